The van der Waals surface area contributed by atoms with Crippen molar-refractivity contribution in [2.24, 2.45) is 0 Å². The summed E-state index contributed by atoms with van der Waals surface area (Å²) in [7, 11) is 0. The molecule has 1 aliphatic heterocycles. The van der Waals surface area contributed by atoms with Crippen LogP contribution in [0, 0.1) is 22.7 Å². The first-order valence-corrected chi connectivity index (χ1v) is 6.13. The van der Waals surface area contributed by atoms with Crippen LogP contribution in [-0.4, -0.2) is 0 Å². The number of hydrogen-bond donors (Lipinski definition) is 0. The van der Waals surface area contributed by atoms with Crippen LogP contribution in [0.25, 0.3) is 5.57 Å². The molecule has 0 N–H and O–H groups in total. The quantitative estimate of drug-likeness (QED) is 0.785. The summed E-state index contributed by atoms with van der Waals surface area (Å²) in [6, 6.07) is 12.3. The lowest BCUT2D eigenvalue weighted by atomic mass is 9.96. The van der Waals surface area contributed by atoms with Crippen molar-refractivity contribution in [2.45, 2.75) is 17.7 Å². The first-order chi connectivity index (χ1) is 8.36. The minimum atomic E-state index is 0.346. The topological polar surface area (TPSA) is 47.6 Å². The van der Waals surface area contributed by atoms with Gasteiger partial charge in [-0.3, -0.25) is 0 Å². The SMILES string of the molecule is N#CCC1=C(CC#N)c2ccccc2SC=C1. The Kier molecular flexibility index (Phi) is 3.65. The molecule has 3 heteroatoms. The van der Waals surface area contributed by atoms with E-state index in [2.05, 4.69) is 12.1 Å². The molecule has 0 fully saturated rings. The van der Waals surface area contributed by atoms with Crippen molar-refractivity contribution in [3.05, 3.63) is 46.9 Å². The molecule has 0 bridgehead atoms. The van der Waals surface area contributed by atoms with Gasteiger partial charge in [0.1, 0.15) is 0 Å². The highest BCUT2D eigenvalue weighted by atomic mass is 32.2. The summed E-state index contributed by atoms with van der Waals surface area (Å²) < 4.78 is 0. The van der Waals surface area contributed by atoms with E-state index in [1.54, 1.807) is 11.8 Å². The average molecular weight is 238 g/mol. The fourth-order valence-electron chi connectivity index (χ4n) is 1.82. The molecular weight excluding hydrogens is 228 g/mol. The molecule has 0 aromatic heterocycles. The molecule has 0 amide bonds. The molecule has 0 unspecified atom stereocenters. The molecule has 0 aliphatic carbocycles. The van der Waals surface area contributed by atoms with Crippen molar-refractivity contribution in [1.29, 1.82) is 10.5 Å². The van der Waals surface area contributed by atoms with Crippen molar-refractivity contribution in [2.75, 3.05) is 0 Å². The zero-order valence-electron chi connectivity index (χ0n) is 9.18. The molecule has 17 heavy (non-hydrogen) atoms. The highest BCUT2D eigenvalue weighted by molar-refractivity contribution is 8.02. The number of thioether (sulfide) groups is 1. The van der Waals surface area contributed by atoms with Gasteiger partial charge >= 0.3 is 0 Å². The lowest BCUT2D eigenvalue weighted by molar-refractivity contribution is 1.22. The molecule has 0 saturated carbocycles. The van der Waals surface area contributed by atoms with E-state index in [4.69, 9.17) is 10.5 Å². The number of rotatable bonds is 2. The van der Waals surface area contributed by atoms with Gasteiger partial charge in [-0.1, -0.05) is 36.0 Å². The average Bonchev–Trinajstić information content (AvgIpc) is 2.51. The monoisotopic (exact) mass is 238 g/mol. The van der Waals surface area contributed by atoms with E-state index in [0.29, 0.717) is 12.8 Å². The van der Waals surface area contributed by atoms with Gasteiger partial charge < -0.3 is 0 Å². The third-order valence-electron chi connectivity index (χ3n) is 2.59. The molecule has 1 aromatic carbocycles. The molecular formula is C14H10N2S. The summed E-state index contributed by atoms with van der Waals surface area (Å²) in [4.78, 5) is 1.14. The highest BCUT2D eigenvalue weighted by Crippen LogP contribution is 2.36. The van der Waals surface area contributed by atoms with Gasteiger partial charge in [-0.25, -0.2) is 0 Å². The third kappa shape index (κ3) is 2.41. The van der Waals surface area contributed by atoms with Crippen molar-refractivity contribution in [3.63, 3.8) is 0 Å². The maximum atomic E-state index is 8.92. The standard InChI is InChI=1S/C14H10N2S/c15-8-5-11-7-10-17-14-4-2-1-3-13(14)12(11)6-9-16/h1-4,7,10H,5-6H2. The molecule has 0 saturated heterocycles. The van der Waals surface area contributed by atoms with E-state index in [1.807, 2.05) is 35.7 Å². The van der Waals surface area contributed by atoms with E-state index in [-0.39, 0.29) is 0 Å². The van der Waals surface area contributed by atoms with Gasteiger partial charge in [-0.2, -0.15) is 10.5 Å². The van der Waals surface area contributed by atoms with Gasteiger partial charge in [-0.15, -0.1) is 0 Å². The highest BCUT2D eigenvalue weighted by Gasteiger charge is 2.13. The lowest BCUT2D eigenvalue weighted by Crippen LogP contribution is -1.90. The number of nitriles is 2. The second kappa shape index (κ2) is 5.39. The predicted octanol–water partition coefficient (Wildman–Crippen LogP) is 3.89. The fraction of sp³-hybridized carbons (Fsp3) is 0.143. The Morgan fingerprint density at radius 3 is 2.59 bits per heavy atom. The number of benzene rings is 1. The summed E-state index contributed by atoms with van der Waals surface area (Å²) in [5.41, 5.74) is 3.01. The van der Waals surface area contributed by atoms with Crippen molar-refractivity contribution < 1.29 is 0 Å². The summed E-state index contributed by atoms with van der Waals surface area (Å²) in [6.07, 6.45) is 2.64. The third-order valence-corrected chi connectivity index (χ3v) is 3.47. The number of fused-ring (bicyclic) bond motifs is 1. The zero-order valence-corrected chi connectivity index (χ0v) is 10.00. The maximum absolute atomic E-state index is 8.92. The van der Waals surface area contributed by atoms with Crippen LogP contribution in [0.4, 0.5) is 0 Å². The molecule has 2 nitrogen and oxygen atoms in total. The van der Waals surface area contributed by atoms with Crippen LogP contribution in [0.3, 0.4) is 0 Å². The normalized spacial score (nSPS) is 13.5. The number of nitrogens with zero attached hydrogens (tertiary/aromatic N) is 2. The van der Waals surface area contributed by atoms with Crippen molar-refractivity contribution in [3.8, 4) is 12.1 Å². The van der Waals surface area contributed by atoms with E-state index < -0.39 is 0 Å². The fourth-order valence-corrected chi connectivity index (χ4v) is 2.67. The van der Waals surface area contributed by atoms with E-state index in [0.717, 1.165) is 21.6 Å². The predicted molar refractivity (Wildman–Crippen MR) is 68.8 cm³/mol. The Labute approximate surface area is 105 Å². The van der Waals surface area contributed by atoms with Crippen LogP contribution in [0.15, 0.2) is 46.2 Å². The maximum Gasteiger partial charge on any atom is 0.0670 e. The number of allylic oxidation sites excluding steroid dienone is 3. The van der Waals surface area contributed by atoms with Crippen LogP contribution in [0.1, 0.15) is 18.4 Å². The zero-order chi connectivity index (χ0) is 12.1. The van der Waals surface area contributed by atoms with E-state index in [1.165, 1.54) is 0 Å². The Hall–Kier alpha value is -1.97. The molecule has 0 radical (unpaired) electrons. The molecule has 1 heterocycles. The Morgan fingerprint density at radius 2 is 1.82 bits per heavy atom. The Balaban J connectivity index is 2.59. The largest absolute Gasteiger partial charge is 0.198 e. The van der Waals surface area contributed by atoms with Gasteiger partial charge in [0.05, 0.1) is 25.0 Å². The van der Waals surface area contributed by atoms with Crippen LogP contribution < -0.4 is 0 Å². The molecule has 0 spiro atoms. The molecule has 82 valence electrons. The minimum absolute atomic E-state index is 0.346. The summed E-state index contributed by atoms with van der Waals surface area (Å²) in [6.45, 7) is 0. The van der Waals surface area contributed by atoms with Crippen LogP contribution in [-0.2, 0) is 0 Å². The van der Waals surface area contributed by atoms with Crippen molar-refractivity contribution in [1.82, 2.24) is 0 Å². The summed E-state index contributed by atoms with van der Waals surface area (Å²) in [5.74, 6) is 0. The van der Waals surface area contributed by atoms with Gasteiger partial charge in [0.2, 0.25) is 0 Å². The van der Waals surface area contributed by atoms with Crippen LogP contribution in [0.5, 0.6) is 0 Å². The molecule has 0 atom stereocenters. The number of hydrogen-bond acceptors (Lipinski definition) is 3. The van der Waals surface area contributed by atoms with Crippen LogP contribution >= 0.6 is 11.8 Å². The summed E-state index contributed by atoms with van der Waals surface area (Å²) in [5, 5.41) is 19.7. The van der Waals surface area contributed by atoms with E-state index in [9.17, 15) is 0 Å². The second-order valence-electron chi connectivity index (χ2n) is 3.59. The van der Waals surface area contributed by atoms with Gasteiger partial charge in [-0.05, 0) is 28.2 Å². The molecule has 2 rings (SSSR count). The molecule has 1 aromatic rings. The smallest absolute Gasteiger partial charge is 0.0670 e. The van der Waals surface area contributed by atoms with Crippen LogP contribution in [0.2, 0.25) is 0 Å². The van der Waals surface area contributed by atoms with E-state index >= 15 is 0 Å². The Morgan fingerprint density at radius 1 is 1.06 bits per heavy atom. The second-order valence-corrected chi connectivity index (χ2v) is 4.54. The van der Waals surface area contributed by atoms with Gasteiger partial charge in [0.25, 0.3) is 0 Å². The van der Waals surface area contributed by atoms with Gasteiger partial charge in [0.15, 0.2) is 0 Å². The van der Waals surface area contributed by atoms with Crippen molar-refractivity contribution >= 4 is 17.3 Å². The summed E-state index contributed by atoms with van der Waals surface area (Å²) >= 11 is 1.63. The lowest BCUT2D eigenvalue weighted by Gasteiger charge is -2.09. The first-order valence-electron chi connectivity index (χ1n) is 5.25. The first kappa shape index (κ1) is 11.5. The Bertz CT molecular complexity index is 571. The molecule has 1 aliphatic rings. The minimum Gasteiger partial charge on any atom is -0.198 e. The van der Waals surface area contributed by atoms with Gasteiger partial charge in [0, 0.05) is 4.90 Å².